The van der Waals surface area contributed by atoms with E-state index >= 15 is 0 Å². The van der Waals surface area contributed by atoms with Gasteiger partial charge in [-0.2, -0.15) is 0 Å². The maximum atomic E-state index is 5.53. The Balaban J connectivity index is 2.50. The van der Waals surface area contributed by atoms with Crippen LogP contribution in [0.5, 0.6) is 5.75 Å². The van der Waals surface area contributed by atoms with Crippen LogP contribution in [0.1, 0.15) is 11.1 Å². The molecule has 0 atom stereocenters. The van der Waals surface area contributed by atoms with Gasteiger partial charge in [0.05, 0.1) is 12.8 Å². The molecule has 0 bridgehead atoms. The Morgan fingerprint density at radius 1 is 1.55 bits per heavy atom. The van der Waals surface area contributed by atoms with Gasteiger partial charge in [0, 0.05) is 24.7 Å². The van der Waals surface area contributed by atoms with Crippen molar-refractivity contribution in [1.82, 2.24) is 4.98 Å². The van der Waals surface area contributed by atoms with Gasteiger partial charge < -0.3 is 10.5 Å². The SMILES string of the molecule is NCc1cncc2c1CCO2. The predicted octanol–water partition coefficient (Wildman–Crippen LogP) is 0.475. The van der Waals surface area contributed by atoms with Crippen molar-refractivity contribution < 1.29 is 4.74 Å². The van der Waals surface area contributed by atoms with Crippen LogP contribution in [0.4, 0.5) is 0 Å². The van der Waals surface area contributed by atoms with E-state index in [1.807, 2.05) is 6.20 Å². The summed E-state index contributed by atoms with van der Waals surface area (Å²) in [4.78, 5) is 4.02. The average molecular weight is 150 g/mol. The van der Waals surface area contributed by atoms with Gasteiger partial charge in [-0.3, -0.25) is 4.98 Å². The number of aromatic nitrogens is 1. The standard InChI is InChI=1S/C8H10N2O/c9-3-6-4-10-5-8-7(6)1-2-11-8/h4-5H,1-3,9H2. The van der Waals surface area contributed by atoms with Gasteiger partial charge in [-0.15, -0.1) is 0 Å². The molecule has 0 fully saturated rings. The van der Waals surface area contributed by atoms with Gasteiger partial charge in [-0.1, -0.05) is 0 Å². The number of hydrogen-bond acceptors (Lipinski definition) is 3. The summed E-state index contributed by atoms with van der Waals surface area (Å²) in [6.45, 7) is 1.33. The molecule has 3 heteroatoms. The first kappa shape index (κ1) is 6.61. The molecule has 1 aromatic rings. The summed E-state index contributed by atoms with van der Waals surface area (Å²) >= 11 is 0. The highest BCUT2D eigenvalue weighted by Crippen LogP contribution is 2.26. The second-order valence-electron chi connectivity index (χ2n) is 2.58. The van der Waals surface area contributed by atoms with E-state index in [0.29, 0.717) is 6.54 Å². The van der Waals surface area contributed by atoms with Crippen LogP contribution in [-0.4, -0.2) is 11.6 Å². The highest BCUT2D eigenvalue weighted by atomic mass is 16.5. The molecule has 2 N–H and O–H groups in total. The van der Waals surface area contributed by atoms with Crippen molar-refractivity contribution in [2.75, 3.05) is 6.61 Å². The van der Waals surface area contributed by atoms with E-state index in [2.05, 4.69) is 4.98 Å². The average Bonchev–Trinajstić information content (AvgIpc) is 2.50. The summed E-state index contributed by atoms with van der Waals surface area (Å²) in [7, 11) is 0. The molecule has 1 aliphatic heterocycles. The van der Waals surface area contributed by atoms with Crippen molar-refractivity contribution in [3.8, 4) is 5.75 Å². The highest BCUT2D eigenvalue weighted by Gasteiger charge is 2.14. The first-order valence-electron chi connectivity index (χ1n) is 3.70. The van der Waals surface area contributed by atoms with Crippen LogP contribution in [0, 0.1) is 0 Å². The molecule has 1 aromatic heterocycles. The Hall–Kier alpha value is -1.09. The Labute approximate surface area is 65.2 Å². The molecule has 0 saturated heterocycles. The number of nitrogens with two attached hydrogens (primary N) is 1. The van der Waals surface area contributed by atoms with Crippen LogP contribution in [-0.2, 0) is 13.0 Å². The summed E-state index contributed by atoms with van der Waals surface area (Å²) in [6, 6.07) is 0. The minimum atomic E-state index is 0.555. The van der Waals surface area contributed by atoms with Gasteiger partial charge in [-0.05, 0) is 5.56 Å². The van der Waals surface area contributed by atoms with Crippen molar-refractivity contribution in [2.45, 2.75) is 13.0 Å². The third-order valence-electron chi connectivity index (χ3n) is 1.94. The van der Waals surface area contributed by atoms with E-state index in [-0.39, 0.29) is 0 Å². The van der Waals surface area contributed by atoms with Crippen molar-refractivity contribution in [2.24, 2.45) is 5.73 Å². The molecule has 2 rings (SSSR count). The number of nitrogens with zero attached hydrogens (tertiary/aromatic N) is 1. The van der Waals surface area contributed by atoms with E-state index in [0.717, 1.165) is 24.3 Å². The molecule has 0 saturated carbocycles. The van der Waals surface area contributed by atoms with Gasteiger partial charge in [0.25, 0.3) is 0 Å². The fourth-order valence-corrected chi connectivity index (χ4v) is 1.36. The van der Waals surface area contributed by atoms with Crippen LogP contribution < -0.4 is 10.5 Å². The Morgan fingerprint density at radius 2 is 2.45 bits per heavy atom. The monoisotopic (exact) mass is 150 g/mol. The Morgan fingerprint density at radius 3 is 3.27 bits per heavy atom. The molecule has 0 aromatic carbocycles. The molecule has 11 heavy (non-hydrogen) atoms. The summed E-state index contributed by atoms with van der Waals surface area (Å²) in [5.74, 6) is 0.910. The third kappa shape index (κ3) is 0.973. The lowest BCUT2D eigenvalue weighted by molar-refractivity contribution is 0.355. The molecule has 0 amide bonds. The molecule has 2 heterocycles. The molecular weight excluding hydrogens is 140 g/mol. The topological polar surface area (TPSA) is 48.1 Å². The first-order chi connectivity index (χ1) is 5.42. The fourth-order valence-electron chi connectivity index (χ4n) is 1.36. The molecule has 3 nitrogen and oxygen atoms in total. The number of rotatable bonds is 1. The number of fused-ring (bicyclic) bond motifs is 1. The molecular formula is C8H10N2O. The summed E-state index contributed by atoms with van der Waals surface area (Å²) in [5.41, 5.74) is 7.88. The van der Waals surface area contributed by atoms with E-state index in [1.165, 1.54) is 5.56 Å². The van der Waals surface area contributed by atoms with Crippen LogP contribution in [0.2, 0.25) is 0 Å². The van der Waals surface area contributed by atoms with E-state index in [4.69, 9.17) is 10.5 Å². The maximum absolute atomic E-state index is 5.53. The van der Waals surface area contributed by atoms with Crippen LogP contribution in [0.15, 0.2) is 12.4 Å². The lowest BCUT2D eigenvalue weighted by atomic mass is 10.1. The number of hydrogen-bond donors (Lipinski definition) is 1. The normalized spacial score (nSPS) is 14.3. The third-order valence-corrected chi connectivity index (χ3v) is 1.94. The Bertz CT molecular complexity index is 273. The lowest BCUT2D eigenvalue weighted by Gasteiger charge is -2.01. The molecule has 0 radical (unpaired) electrons. The fraction of sp³-hybridized carbons (Fsp3) is 0.375. The summed E-state index contributed by atoms with van der Waals surface area (Å²) < 4.78 is 5.32. The van der Waals surface area contributed by atoms with Crippen molar-refractivity contribution >= 4 is 0 Å². The molecule has 0 spiro atoms. The molecule has 58 valence electrons. The minimum absolute atomic E-state index is 0.555. The van der Waals surface area contributed by atoms with Gasteiger partial charge in [0.1, 0.15) is 5.75 Å². The summed E-state index contributed by atoms with van der Waals surface area (Å²) in [5, 5.41) is 0. The zero-order valence-electron chi connectivity index (χ0n) is 6.21. The van der Waals surface area contributed by atoms with Crippen molar-refractivity contribution in [3.05, 3.63) is 23.5 Å². The predicted molar refractivity (Wildman–Crippen MR) is 41.3 cm³/mol. The molecule has 0 aliphatic carbocycles. The summed E-state index contributed by atoms with van der Waals surface area (Å²) in [6.07, 6.45) is 4.54. The van der Waals surface area contributed by atoms with Crippen LogP contribution in [0.3, 0.4) is 0 Å². The van der Waals surface area contributed by atoms with Gasteiger partial charge in [0.15, 0.2) is 0 Å². The van der Waals surface area contributed by atoms with E-state index in [1.54, 1.807) is 6.20 Å². The van der Waals surface area contributed by atoms with E-state index in [9.17, 15) is 0 Å². The van der Waals surface area contributed by atoms with Gasteiger partial charge >= 0.3 is 0 Å². The van der Waals surface area contributed by atoms with Gasteiger partial charge in [-0.25, -0.2) is 0 Å². The quantitative estimate of drug-likeness (QED) is 0.633. The molecule has 0 unspecified atom stereocenters. The second kappa shape index (κ2) is 2.51. The maximum Gasteiger partial charge on any atom is 0.141 e. The van der Waals surface area contributed by atoms with Crippen molar-refractivity contribution in [3.63, 3.8) is 0 Å². The lowest BCUT2D eigenvalue weighted by Crippen LogP contribution is -2.00. The second-order valence-corrected chi connectivity index (χ2v) is 2.58. The van der Waals surface area contributed by atoms with E-state index < -0.39 is 0 Å². The van der Waals surface area contributed by atoms with Crippen LogP contribution >= 0.6 is 0 Å². The Kier molecular flexibility index (Phi) is 1.51. The van der Waals surface area contributed by atoms with Crippen LogP contribution in [0.25, 0.3) is 0 Å². The smallest absolute Gasteiger partial charge is 0.141 e. The number of pyridine rings is 1. The molecule has 1 aliphatic rings. The van der Waals surface area contributed by atoms with Crippen molar-refractivity contribution in [1.29, 1.82) is 0 Å². The zero-order chi connectivity index (χ0) is 7.68. The number of ether oxygens (including phenoxy) is 1. The first-order valence-corrected chi connectivity index (χ1v) is 3.70. The minimum Gasteiger partial charge on any atom is -0.491 e. The zero-order valence-corrected chi connectivity index (χ0v) is 6.21. The van der Waals surface area contributed by atoms with Gasteiger partial charge in [0.2, 0.25) is 0 Å². The highest BCUT2D eigenvalue weighted by molar-refractivity contribution is 5.39. The largest absolute Gasteiger partial charge is 0.491 e.